The zero-order valence-electron chi connectivity index (χ0n) is 5.20. The van der Waals surface area contributed by atoms with Gasteiger partial charge in [0.05, 0.1) is 5.97 Å². The summed E-state index contributed by atoms with van der Waals surface area (Å²) >= 11 is 0. The summed E-state index contributed by atoms with van der Waals surface area (Å²) in [6.07, 6.45) is -0.706. The minimum absolute atomic E-state index is 0. The van der Waals surface area contributed by atoms with E-state index in [1.54, 1.807) is 0 Å². The summed E-state index contributed by atoms with van der Waals surface area (Å²) in [6.45, 7) is 0. The molecule has 6 heteroatoms. The molecule has 0 radical (unpaired) electrons. The summed E-state index contributed by atoms with van der Waals surface area (Å²) in [6, 6.07) is -1.46. The molecular weight excluding hydrogens is 150 g/mol. The normalized spacial score (nSPS) is 11.3. The van der Waals surface area contributed by atoms with E-state index in [9.17, 15) is 19.8 Å². The van der Waals surface area contributed by atoms with Crippen molar-refractivity contribution >= 4 is 35.0 Å². The Bertz CT molecular complexity index is 137. The number of carboxylic acid groups (broad SMARTS) is 2. The Hall–Kier alpha value is -0.334. The Morgan fingerprint density at radius 1 is 1.40 bits per heavy atom. The number of rotatable bonds is 3. The maximum atomic E-state index is 9.71. The molecule has 5 nitrogen and oxygen atoms in total. The second-order valence-corrected chi connectivity index (χ2v) is 1.50. The van der Waals surface area contributed by atoms with Crippen LogP contribution < -0.4 is 15.9 Å². The van der Waals surface area contributed by atoms with Crippen LogP contribution in [0.15, 0.2) is 0 Å². The molecule has 0 amide bonds. The largest absolute Gasteiger partial charge is 2.00 e. The Balaban J connectivity index is 0. The van der Waals surface area contributed by atoms with Crippen LogP contribution in [0, 0.1) is 0 Å². The molecule has 0 heterocycles. The van der Waals surface area contributed by atoms with E-state index in [2.05, 4.69) is 0 Å². The fourth-order valence-electron chi connectivity index (χ4n) is 0.263. The SMILES string of the molecule is N[C@H](CC(=O)[O-])C(=O)[O-].[Mg+2]. The van der Waals surface area contributed by atoms with E-state index < -0.39 is 24.4 Å². The minimum atomic E-state index is -1.58. The molecule has 0 aliphatic carbocycles. The van der Waals surface area contributed by atoms with Crippen LogP contribution in [0.2, 0.25) is 0 Å². The first-order chi connectivity index (χ1) is 4.04. The van der Waals surface area contributed by atoms with Crippen molar-refractivity contribution in [1.29, 1.82) is 0 Å². The van der Waals surface area contributed by atoms with Crippen LogP contribution in [0.1, 0.15) is 6.42 Å². The predicted octanol–water partition coefficient (Wildman–Crippen LogP) is -4.18. The van der Waals surface area contributed by atoms with Gasteiger partial charge in [0.25, 0.3) is 0 Å². The van der Waals surface area contributed by atoms with Gasteiger partial charge in [0.2, 0.25) is 0 Å². The van der Waals surface area contributed by atoms with Crippen molar-refractivity contribution in [3.8, 4) is 0 Å². The molecule has 0 saturated carbocycles. The summed E-state index contributed by atoms with van der Waals surface area (Å²) in [5, 5.41) is 19.3. The van der Waals surface area contributed by atoms with Crippen LogP contribution in [-0.2, 0) is 9.59 Å². The molecule has 0 unspecified atom stereocenters. The van der Waals surface area contributed by atoms with Crippen molar-refractivity contribution in [1.82, 2.24) is 0 Å². The quantitative estimate of drug-likeness (QED) is 0.416. The molecule has 0 fully saturated rings. The molecule has 0 aromatic heterocycles. The van der Waals surface area contributed by atoms with E-state index in [4.69, 9.17) is 5.73 Å². The second-order valence-electron chi connectivity index (χ2n) is 1.50. The number of carbonyl (C=O) groups excluding carboxylic acids is 2. The van der Waals surface area contributed by atoms with Crippen LogP contribution in [0.25, 0.3) is 0 Å². The Kier molecular flexibility index (Phi) is 6.73. The molecule has 1 atom stereocenters. The van der Waals surface area contributed by atoms with Crippen LogP contribution in [0.4, 0.5) is 0 Å². The van der Waals surface area contributed by atoms with Gasteiger partial charge in [0.1, 0.15) is 0 Å². The van der Waals surface area contributed by atoms with E-state index in [1.165, 1.54) is 0 Å². The average molecular weight is 155 g/mol. The van der Waals surface area contributed by atoms with E-state index in [-0.39, 0.29) is 23.1 Å². The smallest absolute Gasteiger partial charge is 0.550 e. The second kappa shape index (κ2) is 5.45. The van der Waals surface area contributed by atoms with Crippen LogP contribution in [0.5, 0.6) is 0 Å². The third kappa shape index (κ3) is 5.80. The number of carbonyl (C=O) groups is 2. The molecule has 0 saturated heterocycles. The minimum Gasteiger partial charge on any atom is -0.550 e. The van der Waals surface area contributed by atoms with Gasteiger partial charge in [-0.05, 0) is 0 Å². The molecule has 0 aromatic rings. The fourth-order valence-corrected chi connectivity index (χ4v) is 0.263. The molecule has 10 heavy (non-hydrogen) atoms. The summed E-state index contributed by atoms with van der Waals surface area (Å²) in [5.41, 5.74) is 4.73. The van der Waals surface area contributed by atoms with Gasteiger partial charge >= 0.3 is 23.1 Å². The summed E-state index contributed by atoms with van der Waals surface area (Å²) in [7, 11) is 0. The topological polar surface area (TPSA) is 106 Å². The summed E-state index contributed by atoms with van der Waals surface area (Å²) in [4.78, 5) is 19.3. The van der Waals surface area contributed by atoms with Gasteiger partial charge in [-0.1, -0.05) is 0 Å². The standard InChI is InChI=1S/C4H7NO4.Mg/c5-2(4(8)9)1-3(6)7;/h2H,1,5H2,(H,6,7)(H,8,9);/q;+2/p-2/t2-;/m1./s1. The summed E-state index contributed by atoms with van der Waals surface area (Å²) in [5.74, 6) is -3.08. The Morgan fingerprint density at radius 2 is 1.80 bits per heavy atom. The van der Waals surface area contributed by atoms with Gasteiger partial charge in [-0.3, -0.25) is 0 Å². The van der Waals surface area contributed by atoms with Crippen molar-refractivity contribution in [2.75, 3.05) is 0 Å². The first-order valence-corrected chi connectivity index (χ1v) is 2.20. The number of carboxylic acids is 2. The van der Waals surface area contributed by atoms with Crippen molar-refractivity contribution in [3.05, 3.63) is 0 Å². The first kappa shape index (κ1) is 12.4. The van der Waals surface area contributed by atoms with Gasteiger partial charge in [-0.15, -0.1) is 0 Å². The summed E-state index contributed by atoms with van der Waals surface area (Å²) < 4.78 is 0. The van der Waals surface area contributed by atoms with Crippen LogP contribution in [0.3, 0.4) is 0 Å². The van der Waals surface area contributed by atoms with E-state index in [0.717, 1.165) is 0 Å². The average Bonchev–Trinajstić information content (AvgIpc) is 1.63. The van der Waals surface area contributed by atoms with Gasteiger partial charge < -0.3 is 25.5 Å². The van der Waals surface area contributed by atoms with Crippen LogP contribution >= 0.6 is 0 Å². The zero-order chi connectivity index (χ0) is 7.44. The zero-order valence-corrected chi connectivity index (χ0v) is 6.62. The molecule has 0 aliphatic heterocycles. The number of hydrogen-bond acceptors (Lipinski definition) is 5. The monoisotopic (exact) mass is 155 g/mol. The number of hydrogen-bond donors (Lipinski definition) is 1. The van der Waals surface area contributed by atoms with Crippen LogP contribution in [-0.4, -0.2) is 41.0 Å². The van der Waals surface area contributed by atoms with Crippen molar-refractivity contribution in [3.63, 3.8) is 0 Å². The van der Waals surface area contributed by atoms with Gasteiger partial charge in [0, 0.05) is 18.4 Å². The Labute approximate surface area is 73.4 Å². The Morgan fingerprint density at radius 3 is 1.90 bits per heavy atom. The molecule has 0 spiro atoms. The van der Waals surface area contributed by atoms with E-state index in [1.807, 2.05) is 0 Å². The number of aliphatic carboxylic acids is 2. The third-order valence-electron chi connectivity index (χ3n) is 0.689. The van der Waals surface area contributed by atoms with Crippen molar-refractivity contribution in [2.24, 2.45) is 5.73 Å². The predicted molar refractivity (Wildman–Crippen MR) is 28.4 cm³/mol. The van der Waals surface area contributed by atoms with Crippen molar-refractivity contribution in [2.45, 2.75) is 12.5 Å². The molecule has 0 bridgehead atoms. The van der Waals surface area contributed by atoms with Gasteiger partial charge in [-0.25, -0.2) is 0 Å². The number of nitrogens with two attached hydrogens (primary N) is 1. The maximum Gasteiger partial charge on any atom is 2.00 e. The van der Waals surface area contributed by atoms with Crippen molar-refractivity contribution < 1.29 is 19.8 Å². The first-order valence-electron chi connectivity index (χ1n) is 2.20. The molecular formula is C4H5MgNO4. The third-order valence-corrected chi connectivity index (χ3v) is 0.689. The van der Waals surface area contributed by atoms with Gasteiger partial charge in [-0.2, -0.15) is 0 Å². The molecule has 0 aliphatic rings. The molecule has 2 N–H and O–H groups in total. The maximum absolute atomic E-state index is 9.71. The van der Waals surface area contributed by atoms with E-state index >= 15 is 0 Å². The van der Waals surface area contributed by atoms with Gasteiger partial charge in [0.15, 0.2) is 0 Å². The molecule has 0 aromatic carbocycles. The van der Waals surface area contributed by atoms with E-state index in [0.29, 0.717) is 0 Å². The molecule has 0 rings (SSSR count). The molecule has 52 valence electrons. The fraction of sp³-hybridized carbons (Fsp3) is 0.500.